The third-order valence-electron chi connectivity index (χ3n) is 3.02. The van der Waals surface area contributed by atoms with E-state index in [-0.39, 0.29) is 26.5 Å². The van der Waals surface area contributed by atoms with E-state index in [1.54, 1.807) is 0 Å². The molecular formula is C12H12Cl3NO4S. The summed E-state index contributed by atoms with van der Waals surface area (Å²) in [6, 6.07) is 2.29. The van der Waals surface area contributed by atoms with Crippen molar-refractivity contribution in [3.63, 3.8) is 0 Å². The number of ether oxygens (including phenoxy) is 1. The Bertz CT molecular complexity index is 657. The minimum Gasteiger partial charge on any atom is -0.379 e. The van der Waals surface area contributed by atoms with Crippen molar-refractivity contribution >= 4 is 48.8 Å². The van der Waals surface area contributed by atoms with E-state index >= 15 is 0 Å². The van der Waals surface area contributed by atoms with Gasteiger partial charge in [-0.05, 0) is 25.0 Å². The normalized spacial score (nSPS) is 19.3. The highest BCUT2D eigenvalue weighted by Crippen LogP contribution is 2.32. The van der Waals surface area contributed by atoms with Gasteiger partial charge in [-0.15, -0.1) is 0 Å². The van der Waals surface area contributed by atoms with Crippen LogP contribution in [0.5, 0.6) is 0 Å². The first kappa shape index (κ1) is 16.8. The van der Waals surface area contributed by atoms with E-state index in [0.717, 1.165) is 18.9 Å². The zero-order valence-corrected chi connectivity index (χ0v) is 13.8. The molecule has 9 heteroatoms. The largest absolute Gasteiger partial charge is 0.379 e. The molecule has 0 radical (unpaired) electrons. The lowest BCUT2D eigenvalue weighted by molar-refractivity contribution is 0.0624. The third-order valence-corrected chi connectivity index (χ3v) is 5.28. The zero-order chi connectivity index (χ0) is 15.6. The van der Waals surface area contributed by atoms with Gasteiger partial charge in [0, 0.05) is 22.9 Å². The summed E-state index contributed by atoms with van der Waals surface area (Å²) in [5.74, 6) is -0.453. The molecule has 116 valence electrons. The fourth-order valence-corrected chi connectivity index (χ4v) is 3.76. The molecule has 0 saturated carbocycles. The number of amides is 1. The molecule has 1 aromatic carbocycles. The van der Waals surface area contributed by atoms with E-state index in [9.17, 15) is 13.2 Å². The summed E-state index contributed by atoms with van der Waals surface area (Å²) in [7, 11) is 1.19. The Labute approximate surface area is 136 Å². The van der Waals surface area contributed by atoms with Gasteiger partial charge in [-0.3, -0.25) is 4.79 Å². The maximum absolute atomic E-state index is 12.1. The molecule has 1 unspecified atom stereocenters. The second kappa shape index (κ2) is 6.71. The number of hydrogen-bond donors (Lipinski definition) is 1. The predicted octanol–water partition coefficient (Wildman–Crippen LogP) is 2.83. The van der Waals surface area contributed by atoms with Crippen molar-refractivity contribution < 1.29 is 17.9 Å². The van der Waals surface area contributed by atoms with Crippen LogP contribution in [0.2, 0.25) is 10.0 Å². The van der Waals surface area contributed by atoms with Gasteiger partial charge in [-0.1, -0.05) is 23.2 Å². The van der Waals surface area contributed by atoms with Gasteiger partial charge in [0.1, 0.15) is 4.90 Å². The van der Waals surface area contributed by atoms with Crippen LogP contribution in [-0.2, 0) is 13.8 Å². The maximum atomic E-state index is 12.1. The van der Waals surface area contributed by atoms with Gasteiger partial charge in [-0.25, -0.2) is 8.42 Å². The summed E-state index contributed by atoms with van der Waals surface area (Å²) in [5, 5.41) is 2.50. The number of hydrogen-bond acceptors (Lipinski definition) is 4. The number of halogens is 3. The van der Waals surface area contributed by atoms with Crippen LogP contribution in [0, 0.1) is 0 Å². The van der Waals surface area contributed by atoms with Crippen LogP contribution < -0.4 is 5.32 Å². The number of rotatable bonds is 3. The van der Waals surface area contributed by atoms with Crippen LogP contribution in [0.4, 0.5) is 0 Å². The lowest BCUT2D eigenvalue weighted by Gasteiger charge is -2.23. The van der Waals surface area contributed by atoms with E-state index in [4.69, 9.17) is 38.6 Å². The molecule has 5 nitrogen and oxygen atoms in total. The SMILES string of the molecule is O=C(NC1CCCOC1)c1cc(Cl)c(Cl)c(S(=O)(=O)Cl)c1. The Hall–Kier alpha value is -0.530. The Morgan fingerprint density at radius 3 is 2.62 bits per heavy atom. The van der Waals surface area contributed by atoms with Crippen LogP contribution >= 0.6 is 33.9 Å². The molecule has 0 aromatic heterocycles. The van der Waals surface area contributed by atoms with Crippen molar-refractivity contribution in [3.8, 4) is 0 Å². The van der Waals surface area contributed by atoms with E-state index in [0.29, 0.717) is 13.2 Å². The van der Waals surface area contributed by atoms with Gasteiger partial charge in [0.05, 0.1) is 22.7 Å². The van der Waals surface area contributed by atoms with E-state index in [1.165, 1.54) is 6.07 Å². The Morgan fingerprint density at radius 2 is 2.05 bits per heavy atom. The van der Waals surface area contributed by atoms with Crippen LogP contribution in [0.25, 0.3) is 0 Å². The number of carbonyl (C=O) groups is 1. The minimum atomic E-state index is -4.09. The highest BCUT2D eigenvalue weighted by Gasteiger charge is 2.22. The summed E-state index contributed by atoms with van der Waals surface area (Å²) < 4.78 is 28.1. The van der Waals surface area contributed by atoms with Crippen LogP contribution in [0.15, 0.2) is 17.0 Å². The first-order chi connectivity index (χ1) is 9.79. The predicted molar refractivity (Wildman–Crippen MR) is 80.8 cm³/mol. The van der Waals surface area contributed by atoms with Crippen LogP contribution in [-0.4, -0.2) is 33.6 Å². The van der Waals surface area contributed by atoms with Crippen molar-refractivity contribution in [2.24, 2.45) is 0 Å². The Morgan fingerprint density at radius 1 is 1.33 bits per heavy atom. The van der Waals surface area contributed by atoms with Gasteiger partial charge in [0.15, 0.2) is 0 Å². The summed E-state index contributed by atoms with van der Waals surface area (Å²) in [4.78, 5) is 11.8. The summed E-state index contributed by atoms with van der Waals surface area (Å²) >= 11 is 11.7. The molecule has 1 aliphatic heterocycles. The molecule has 0 bridgehead atoms. The third kappa shape index (κ3) is 4.23. The Kier molecular flexibility index (Phi) is 5.38. The fraction of sp³-hybridized carbons (Fsp3) is 0.417. The van der Waals surface area contributed by atoms with Gasteiger partial charge in [0.2, 0.25) is 0 Å². The highest BCUT2D eigenvalue weighted by molar-refractivity contribution is 8.13. The lowest BCUT2D eigenvalue weighted by atomic mass is 10.1. The molecule has 1 aromatic rings. The molecule has 21 heavy (non-hydrogen) atoms. The first-order valence-corrected chi connectivity index (χ1v) is 9.18. The molecule has 0 aliphatic carbocycles. The number of nitrogens with one attached hydrogen (secondary N) is 1. The molecule has 1 N–H and O–H groups in total. The molecule has 2 rings (SSSR count). The average Bonchev–Trinajstić information content (AvgIpc) is 2.41. The second-order valence-corrected chi connectivity index (χ2v) is 7.92. The van der Waals surface area contributed by atoms with E-state index in [1.807, 2.05) is 0 Å². The lowest BCUT2D eigenvalue weighted by Crippen LogP contribution is -2.40. The number of carbonyl (C=O) groups excluding carboxylic acids is 1. The summed E-state index contributed by atoms with van der Waals surface area (Å²) in [5.41, 5.74) is 0.0780. The van der Waals surface area contributed by atoms with Gasteiger partial charge in [-0.2, -0.15) is 0 Å². The zero-order valence-electron chi connectivity index (χ0n) is 10.7. The van der Waals surface area contributed by atoms with E-state index < -0.39 is 15.0 Å². The maximum Gasteiger partial charge on any atom is 0.262 e. The van der Waals surface area contributed by atoms with Gasteiger partial charge >= 0.3 is 0 Å². The second-order valence-electron chi connectivity index (χ2n) is 4.60. The van der Waals surface area contributed by atoms with Crippen molar-refractivity contribution in [1.29, 1.82) is 0 Å². The van der Waals surface area contributed by atoms with Crippen LogP contribution in [0.1, 0.15) is 23.2 Å². The quantitative estimate of drug-likeness (QED) is 0.828. The highest BCUT2D eigenvalue weighted by atomic mass is 35.7. The number of benzene rings is 1. The van der Waals surface area contributed by atoms with Crippen molar-refractivity contribution in [2.45, 2.75) is 23.8 Å². The molecule has 1 heterocycles. The first-order valence-electron chi connectivity index (χ1n) is 6.11. The van der Waals surface area contributed by atoms with Gasteiger partial charge in [0.25, 0.3) is 15.0 Å². The molecule has 1 saturated heterocycles. The molecule has 1 amide bonds. The minimum absolute atomic E-state index is 0.0524. The molecule has 0 spiro atoms. The molecule has 1 atom stereocenters. The molecule has 1 fully saturated rings. The van der Waals surface area contributed by atoms with Crippen molar-refractivity contribution in [2.75, 3.05) is 13.2 Å². The summed E-state index contributed by atoms with van der Waals surface area (Å²) in [6.45, 7) is 1.10. The Balaban J connectivity index is 2.27. The van der Waals surface area contributed by atoms with Gasteiger partial charge < -0.3 is 10.1 Å². The van der Waals surface area contributed by atoms with E-state index in [2.05, 4.69) is 5.32 Å². The van der Waals surface area contributed by atoms with Crippen LogP contribution in [0.3, 0.4) is 0 Å². The average molecular weight is 373 g/mol. The van der Waals surface area contributed by atoms with Crippen molar-refractivity contribution in [1.82, 2.24) is 5.32 Å². The standard InChI is InChI=1S/C12H12Cl3NO4S/c13-9-4-7(5-10(11(9)14)21(15,18)19)12(17)16-8-2-1-3-20-6-8/h4-5,8H,1-3,6H2,(H,16,17). The monoisotopic (exact) mass is 371 g/mol. The summed E-state index contributed by atoms with van der Waals surface area (Å²) in [6.07, 6.45) is 1.65. The smallest absolute Gasteiger partial charge is 0.262 e. The topological polar surface area (TPSA) is 72.5 Å². The fourth-order valence-electron chi connectivity index (χ4n) is 2.00. The van der Waals surface area contributed by atoms with Crippen molar-refractivity contribution in [3.05, 3.63) is 27.7 Å². The molecular weight excluding hydrogens is 361 g/mol. The molecule has 1 aliphatic rings.